The third-order valence-corrected chi connectivity index (χ3v) is 6.45. The van der Waals surface area contributed by atoms with Gasteiger partial charge in [0, 0.05) is 30.7 Å². The zero-order valence-corrected chi connectivity index (χ0v) is 21.5. The molecule has 11 heteroatoms. The molecule has 0 saturated heterocycles. The monoisotopic (exact) mass is 503 g/mol. The molecule has 1 fully saturated rings. The average molecular weight is 504 g/mol. The molecule has 4 aromatic rings. The minimum Gasteiger partial charge on any atom is -0.444 e. The quantitative estimate of drug-likeness (QED) is 0.388. The minimum absolute atomic E-state index is 0.274. The van der Waals surface area contributed by atoms with Crippen LogP contribution in [0, 0.1) is 5.92 Å². The maximum atomic E-state index is 12.9. The molecule has 0 aromatic carbocycles. The molecule has 37 heavy (non-hydrogen) atoms. The van der Waals surface area contributed by atoms with Crippen LogP contribution >= 0.6 is 0 Å². The fourth-order valence-corrected chi connectivity index (χ4v) is 4.35. The van der Waals surface area contributed by atoms with Crippen molar-refractivity contribution in [3.8, 4) is 11.3 Å². The first-order valence-corrected chi connectivity index (χ1v) is 12.5. The lowest BCUT2D eigenvalue weighted by molar-refractivity contribution is 0.0173. The Labute approximate surface area is 215 Å². The van der Waals surface area contributed by atoms with E-state index in [1.807, 2.05) is 54.6 Å². The van der Waals surface area contributed by atoms with Gasteiger partial charge in [-0.2, -0.15) is 0 Å². The van der Waals surface area contributed by atoms with Crippen molar-refractivity contribution >= 4 is 23.1 Å². The number of hydrogen-bond donors (Lipinski definition) is 2. The molecule has 1 saturated carbocycles. The summed E-state index contributed by atoms with van der Waals surface area (Å²) in [7, 11) is 0. The highest BCUT2D eigenvalue weighted by atomic mass is 16.6. The van der Waals surface area contributed by atoms with Crippen LogP contribution in [0.5, 0.6) is 0 Å². The SMILES string of the molecule is CC(C)(C)OC(=O)N(Cc1ccc2nc(Cn3cc(-c4cncc(N)c4N)nn3)cn2c1)CC1CCC1. The average Bonchev–Trinajstić information content (AvgIpc) is 3.42. The number of imidazole rings is 1. The number of nitrogens with zero attached hydrogens (tertiary/aromatic N) is 7. The number of carbonyl (C=O) groups excluding carboxylic acids is 1. The van der Waals surface area contributed by atoms with Crippen LogP contribution in [0.1, 0.15) is 51.3 Å². The molecule has 5 rings (SSSR count). The number of nitrogen functional groups attached to an aromatic ring is 2. The predicted octanol–water partition coefficient (Wildman–Crippen LogP) is 3.74. The van der Waals surface area contributed by atoms with Gasteiger partial charge in [-0.05, 0) is 51.2 Å². The summed E-state index contributed by atoms with van der Waals surface area (Å²) in [6.07, 6.45) is 12.2. The number of aromatic nitrogens is 6. The lowest BCUT2D eigenvalue weighted by atomic mass is 9.85. The van der Waals surface area contributed by atoms with Crippen LogP contribution in [0.2, 0.25) is 0 Å². The van der Waals surface area contributed by atoms with Gasteiger partial charge in [-0.1, -0.05) is 17.7 Å². The van der Waals surface area contributed by atoms with Gasteiger partial charge in [0.15, 0.2) is 0 Å². The first kappa shape index (κ1) is 24.5. The summed E-state index contributed by atoms with van der Waals surface area (Å²) in [6.45, 7) is 7.31. The van der Waals surface area contributed by atoms with Crippen LogP contribution in [0.4, 0.5) is 16.2 Å². The summed E-state index contributed by atoms with van der Waals surface area (Å²) in [5, 5.41) is 8.43. The van der Waals surface area contributed by atoms with Gasteiger partial charge in [-0.15, -0.1) is 5.10 Å². The van der Waals surface area contributed by atoms with E-state index < -0.39 is 5.60 Å². The summed E-state index contributed by atoms with van der Waals surface area (Å²) in [5.74, 6) is 0.544. The Morgan fingerprint density at radius 2 is 1.97 bits per heavy atom. The van der Waals surface area contributed by atoms with Crippen LogP contribution < -0.4 is 11.5 Å². The number of nitrogens with two attached hydrogens (primary N) is 2. The molecule has 1 aliphatic rings. The Balaban J connectivity index is 1.31. The molecule has 0 aliphatic heterocycles. The lowest BCUT2D eigenvalue weighted by Crippen LogP contribution is -2.40. The van der Waals surface area contributed by atoms with E-state index in [-0.39, 0.29) is 6.09 Å². The van der Waals surface area contributed by atoms with Gasteiger partial charge in [0.05, 0.1) is 42.6 Å². The van der Waals surface area contributed by atoms with E-state index in [9.17, 15) is 4.79 Å². The molecule has 0 spiro atoms. The standard InChI is InChI=1S/C26H33N9O2/c1-26(2,3)37-25(36)34(11-17-5-4-6-17)13-18-7-8-23-30-19(14-33(23)12-18)15-35-16-22(31-32-35)20-9-29-10-21(27)24(20)28/h7-10,12,14,16-17H,4-6,11,13,15,27H2,1-3H3,(H2,28,29). The molecule has 0 unspecified atom stereocenters. The number of amides is 1. The highest BCUT2D eigenvalue weighted by molar-refractivity contribution is 5.81. The van der Waals surface area contributed by atoms with Crippen molar-refractivity contribution in [3.05, 3.63) is 54.4 Å². The largest absolute Gasteiger partial charge is 0.444 e. The zero-order chi connectivity index (χ0) is 26.2. The van der Waals surface area contributed by atoms with E-state index in [2.05, 4.69) is 15.3 Å². The van der Waals surface area contributed by atoms with Gasteiger partial charge >= 0.3 is 6.09 Å². The Morgan fingerprint density at radius 1 is 1.16 bits per heavy atom. The number of carbonyl (C=O) groups is 1. The normalized spacial score (nSPS) is 14.0. The van der Waals surface area contributed by atoms with Crippen molar-refractivity contribution in [2.24, 2.45) is 5.92 Å². The van der Waals surface area contributed by atoms with Gasteiger partial charge in [0.2, 0.25) is 0 Å². The van der Waals surface area contributed by atoms with Crippen molar-refractivity contribution in [1.29, 1.82) is 0 Å². The summed E-state index contributed by atoms with van der Waals surface area (Å²) >= 11 is 0. The van der Waals surface area contributed by atoms with Crippen LogP contribution in [-0.2, 0) is 17.8 Å². The first-order valence-electron chi connectivity index (χ1n) is 12.5. The van der Waals surface area contributed by atoms with E-state index in [1.165, 1.54) is 12.6 Å². The van der Waals surface area contributed by atoms with Gasteiger partial charge < -0.3 is 25.5 Å². The fourth-order valence-electron chi connectivity index (χ4n) is 4.35. The number of rotatable bonds is 7. The summed E-state index contributed by atoms with van der Waals surface area (Å²) < 4.78 is 9.35. The highest BCUT2D eigenvalue weighted by Gasteiger charge is 2.27. The van der Waals surface area contributed by atoms with Gasteiger partial charge in [-0.3, -0.25) is 4.98 Å². The summed E-state index contributed by atoms with van der Waals surface area (Å²) in [4.78, 5) is 23.5. The minimum atomic E-state index is -0.533. The van der Waals surface area contributed by atoms with Crippen molar-refractivity contribution in [3.63, 3.8) is 0 Å². The van der Waals surface area contributed by atoms with Gasteiger partial charge in [0.25, 0.3) is 0 Å². The van der Waals surface area contributed by atoms with Crippen LogP contribution in [0.25, 0.3) is 16.9 Å². The van der Waals surface area contributed by atoms with E-state index in [4.69, 9.17) is 21.2 Å². The van der Waals surface area contributed by atoms with Gasteiger partial charge in [-0.25, -0.2) is 14.5 Å². The zero-order valence-electron chi connectivity index (χ0n) is 21.5. The molecule has 0 bridgehead atoms. The van der Waals surface area contributed by atoms with E-state index in [0.29, 0.717) is 48.2 Å². The second-order valence-corrected chi connectivity index (χ2v) is 10.7. The third-order valence-electron chi connectivity index (χ3n) is 6.45. The summed E-state index contributed by atoms with van der Waals surface area (Å²) in [5.41, 5.74) is 16.1. The predicted molar refractivity (Wildman–Crippen MR) is 140 cm³/mol. The van der Waals surface area contributed by atoms with E-state index in [0.717, 1.165) is 29.7 Å². The number of fused-ring (bicyclic) bond motifs is 1. The van der Waals surface area contributed by atoms with E-state index >= 15 is 0 Å². The molecule has 1 amide bonds. The Morgan fingerprint density at radius 3 is 2.70 bits per heavy atom. The molecular formula is C26H33N9O2. The number of hydrogen-bond acceptors (Lipinski definition) is 8. The molecule has 194 valence electrons. The lowest BCUT2D eigenvalue weighted by Gasteiger charge is -2.33. The molecule has 4 aromatic heterocycles. The maximum absolute atomic E-state index is 12.9. The molecule has 11 nitrogen and oxygen atoms in total. The van der Waals surface area contributed by atoms with Gasteiger partial charge in [0.1, 0.15) is 16.9 Å². The highest BCUT2D eigenvalue weighted by Crippen LogP contribution is 2.29. The topological polar surface area (TPSA) is 142 Å². The molecule has 0 radical (unpaired) electrons. The van der Waals surface area contributed by atoms with Crippen molar-refractivity contribution < 1.29 is 9.53 Å². The molecular weight excluding hydrogens is 470 g/mol. The Bertz CT molecular complexity index is 1420. The van der Waals surface area contributed by atoms with Crippen molar-refractivity contribution in [2.45, 2.75) is 58.7 Å². The number of anilines is 2. The van der Waals surface area contributed by atoms with Crippen molar-refractivity contribution in [2.75, 3.05) is 18.0 Å². The van der Waals surface area contributed by atoms with Crippen LogP contribution in [0.15, 0.2) is 43.1 Å². The van der Waals surface area contributed by atoms with Crippen LogP contribution in [-0.4, -0.2) is 52.5 Å². The molecule has 4 N–H and O–H groups in total. The molecule has 0 atom stereocenters. The number of ether oxygens (including phenoxy) is 1. The third kappa shape index (κ3) is 5.65. The summed E-state index contributed by atoms with van der Waals surface area (Å²) in [6, 6.07) is 3.97. The fraction of sp³-hybridized carbons (Fsp3) is 0.423. The molecule has 1 aliphatic carbocycles. The number of pyridine rings is 2. The Kier molecular flexibility index (Phi) is 6.45. The van der Waals surface area contributed by atoms with Crippen LogP contribution in [0.3, 0.4) is 0 Å². The first-order chi connectivity index (χ1) is 17.6. The van der Waals surface area contributed by atoms with E-state index in [1.54, 1.807) is 17.1 Å². The Hall–Kier alpha value is -4.15. The maximum Gasteiger partial charge on any atom is 0.410 e. The molecule has 4 heterocycles. The second-order valence-electron chi connectivity index (χ2n) is 10.7. The smallest absolute Gasteiger partial charge is 0.410 e. The second kappa shape index (κ2) is 9.72. The van der Waals surface area contributed by atoms with Crippen molar-refractivity contribution in [1.82, 2.24) is 34.3 Å².